The van der Waals surface area contributed by atoms with Crippen LogP contribution in [0.15, 0.2) is 24.8 Å². The van der Waals surface area contributed by atoms with Crippen LogP contribution in [-0.2, 0) is 6.18 Å². The van der Waals surface area contributed by atoms with Crippen LogP contribution in [0.25, 0.3) is 16.9 Å². The van der Waals surface area contributed by atoms with Gasteiger partial charge in [-0.1, -0.05) is 23.2 Å². The van der Waals surface area contributed by atoms with Gasteiger partial charge >= 0.3 is 6.18 Å². The first-order valence-electron chi connectivity index (χ1n) is 5.45. The molecule has 0 aliphatic carbocycles. The van der Waals surface area contributed by atoms with Crippen molar-refractivity contribution < 1.29 is 13.2 Å². The van der Waals surface area contributed by atoms with Crippen molar-refractivity contribution in [3.63, 3.8) is 0 Å². The lowest BCUT2D eigenvalue weighted by atomic mass is 10.2. The van der Waals surface area contributed by atoms with Gasteiger partial charge in [0.2, 0.25) is 0 Å². The number of nitrogens with zero attached hydrogens (tertiary/aromatic N) is 5. The monoisotopic (exact) mass is 333 g/mol. The van der Waals surface area contributed by atoms with Crippen molar-refractivity contribution in [3.8, 4) is 5.82 Å². The second-order valence-electron chi connectivity index (χ2n) is 3.98. The van der Waals surface area contributed by atoms with Gasteiger partial charge in [-0.15, -0.1) is 0 Å². The highest BCUT2D eigenvalue weighted by Gasteiger charge is 2.36. The summed E-state index contributed by atoms with van der Waals surface area (Å²) in [5, 5.41) is 4.14. The van der Waals surface area contributed by atoms with Gasteiger partial charge < -0.3 is 0 Å². The van der Waals surface area contributed by atoms with Crippen LogP contribution >= 0.6 is 23.2 Å². The summed E-state index contributed by atoms with van der Waals surface area (Å²) in [6, 6.07) is 0.778. The molecule has 0 bridgehead atoms. The van der Waals surface area contributed by atoms with Crippen molar-refractivity contribution in [2.45, 2.75) is 6.18 Å². The van der Waals surface area contributed by atoms with Gasteiger partial charge in [0.1, 0.15) is 17.0 Å². The largest absolute Gasteiger partial charge is 0.420 e. The Morgan fingerprint density at radius 2 is 1.81 bits per heavy atom. The van der Waals surface area contributed by atoms with E-state index in [0.717, 1.165) is 23.3 Å². The summed E-state index contributed by atoms with van der Waals surface area (Å²) in [4.78, 5) is 11.3. The van der Waals surface area contributed by atoms with Crippen molar-refractivity contribution in [2.24, 2.45) is 0 Å². The highest BCUT2D eigenvalue weighted by Crippen LogP contribution is 2.35. The molecule has 3 rings (SSSR count). The van der Waals surface area contributed by atoms with E-state index in [1.165, 1.54) is 6.20 Å². The lowest BCUT2D eigenvalue weighted by Crippen LogP contribution is -2.13. The molecule has 5 nitrogen and oxygen atoms in total. The summed E-state index contributed by atoms with van der Waals surface area (Å²) in [6.45, 7) is 0. The third-order valence-corrected chi connectivity index (χ3v) is 3.16. The van der Waals surface area contributed by atoms with Gasteiger partial charge in [-0.25, -0.2) is 15.0 Å². The molecule has 3 aromatic rings. The Hall–Kier alpha value is -1.93. The zero-order valence-electron chi connectivity index (χ0n) is 9.94. The van der Waals surface area contributed by atoms with Crippen LogP contribution < -0.4 is 0 Å². The highest BCUT2D eigenvalue weighted by atomic mass is 35.5. The minimum atomic E-state index is -4.64. The number of hydrogen-bond acceptors (Lipinski definition) is 4. The lowest BCUT2D eigenvalue weighted by Gasteiger charge is -2.12. The van der Waals surface area contributed by atoms with E-state index in [0.29, 0.717) is 5.39 Å². The van der Waals surface area contributed by atoms with E-state index in [9.17, 15) is 13.2 Å². The fourth-order valence-electron chi connectivity index (χ4n) is 1.78. The minimum absolute atomic E-state index is 0.0915. The summed E-state index contributed by atoms with van der Waals surface area (Å²) >= 11 is 11.4. The molecule has 3 heterocycles. The maximum atomic E-state index is 13.1. The fraction of sp³-hybridized carbons (Fsp3) is 0.0909. The summed E-state index contributed by atoms with van der Waals surface area (Å²) in [7, 11) is 0. The first-order valence-corrected chi connectivity index (χ1v) is 6.21. The Morgan fingerprint density at radius 1 is 1.05 bits per heavy atom. The highest BCUT2D eigenvalue weighted by molar-refractivity contribution is 6.33. The number of fused-ring (bicyclic) bond motifs is 1. The molecule has 0 aliphatic rings. The van der Waals surface area contributed by atoms with Crippen LogP contribution in [0.3, 0.4) is 0 Å². The molecule has 0 saturated carbocycles. The normalized spacial score (nSPS) is 12.0. The molecule has 21 heavy (non-hydrogen) atoms. The predicted octanol–water partition coefficient (Wildman–Crippen LogP) is 3.54. The standard InChI is InChI=1S/C11H4Cl2F3N5/c12-5-1-7(11(14,15)16)10(17-2-5)21-9-6(3-20-21)8(13)18-4-19-9/h1-4H. The second kappa shape index (κ2) is 4.81. The molecule has 0 aromatic carbocycles. The minimum Gasteiger partial charge on any atom is -0.235 e. The Labute approximate surface area is 125 Å². The number of hydrogen-bond donors (Lipinski definition) is 0. The first-order chi connectivity index (χ1) is 9.88. The van der Waals surface area contributed by atoms with E-state index in [1.807, 2.05) is 0 Å². The van der Waals surface area contributed by atoms with Crippen LogP contribution in [0.2, 0.25) is 10.2 Å². The van der Waals surface area contributed by atoms with Gasteiger partial charge in [0.15, 0.2) is 11.5 Å². The number of pyridine rings is 1. The third kappa shape index (κ3) is 2.40. The van der Waals surface area contributed by atoms with Gasteiger partial charge in [-0.2, -0.15) is 23.0 Å². The molecule has 3 aromatic heterocycles. The molecular formula is C11H4Cl2F3N5. The number of rotatable bonds is 1. The molecule has 0 saturated heterocycles. The summed E-state index contributed by atoms with van der Waals surface area (Å²) in [6.07, 6.45) is -1.13. The van der Waals surface area contributed by atoms with E-state index in [4.69, 9.17) is 23.2 Å². The van der Waals surface area contributed by atoms with Crippen LogP contribution in [0.1, 0.15) is 5.56 Å². The Balaban J connectivity index is 2.31. The molecular weight excluding hydrogens is 330 g/mol. The van der Waals surface area contributed by atoms with E-state index < -0.39 is 17.6 Å². The number of aromatic nitrogens is 5. The van der Waals surface area contributed by atoms with Crippen molar-refractivity contribution in [3.05, 3.63) is 40.5 Å². The topological polar surface area (TPSA) is 56.5 Å². The first kappa shape index (κ1) is 14.0. The second-order valence-corrected chi connectivity index (χ2v) is 4.78. The smallest absolute Gasteiger partial charge is 0.235 e. The van der Waals surface area contributed by atoms with Crippen LogP contribution in [-0.4, -0.2) is 24.7 Å². The molecule has 0 N–H and O–H groups in total. The molecule has 10 heteroatoms. The molecule has 0 radical (unpaired) electrons. The number of halogens is 5. The Kier molecular flexibility index (Phi) is 3.22. The SMILES string of the molecule is FC(F)(F)c1cc(Cl)cnc1-n1ncc2c(Cl)ncnc21. The predicted molar refractivity (Wildman–Crippen MR) is 69.5 cm³/mol. The van der Waals surface area contributed by atoms with E-state index in [1.54, 1.807) is 0 Å². The fourth-order valence-corrected chi connectivity index (χ4v) is 2.11. The van der Waals surface area contributed by atoms with Gasteiger partial charge in [0, 0.05) is 6.20 Å². The van der Waals surface area contributed by atoms with Gasteiger partial charge in [0.25, 0.3) is 0 Å². The van der Waals surface area contributed by atoms with Crippen LogP contribution in [0, 0.1) is 0 Å². The van der Waals surface area contributed by atoms with Crippen LogP contribution in [0.4, 0.5) is 13.2 Å². The maximum Gasteiger partial charge on any atom is 0.420 e. The zero-order valence-corrected chi connectivity index (χ0v) is 11.4. The number of alkyl halides is 3. The molecule has 0 unspecified atom stereocenters. The van der Waals surface area contributed by atoms with E-state index >= 15 is 0 Å². The summed E-state index contributed by atoms with van der Waals surface area (Å²) in [5.41, 5.74) is -0.898. The Morgan fingerprint density at radius 3 is 2.52 bits per heavy atom. The third-order valence-electron chi connectivity index (χ3n) is 2.66. The van der Waals surface area contributed by atoms with Crippen molar-refractivity contribution in [1.29, 1.82) is 0 Å². The maximum absolute atomic E-state index is 13.1. The summed E-state index contributed by atoms with van der Waals surface area (Å²) < 4.78 is 40.2. The van der Waals surface area contributed by atoms with E-state index in [2.05, 4.69) is 20.1 Å². The van der Waals surface area contributed by atoms with Crippen LogP contribution in [0.5, 0.6) is 0 Å². The van der Waals surface area contributed by atoms with Gasteiger partial charge in [0.05, 0.1) is 16.6 Å². The Bertz CT molecular complexity index is 830. The zero-order chi connectivity index (χ0) is 15.2. The average molecular weight is 334 g/mol. The molecule has 0 atom stereocenters. The summed E-state index contributed by atoms with van der Waals surface area (Å²) in [5.74, 6) is -0.434. The molecule has 0 fully saturated rings. The van der Waals surface area contributed by atoms with Gasteiger partial charge in [-0.05, 0) is 6.07 Å². The van der Waals surface area contributed by atoms with Crippen molar-refractivity contribution in [2.75, 3.05) is 0 Å². The van der Waals surface area contributed by atoms with Crippen molar-refractivity contribution >= 4 is 34.2 Å². The molecule has 0 aliphatic heterocycles. The van der Waals surface area contributed by atoms with Gasteiger partial charge in [-0.3, -0.25) is 0 Å². The molecule has 0 amide bonds. The molecule has 108 valence electrons. The average Bonchev–Trinajstić information content (AvgIpc) is 2.83. The quantitative estimate of drug-likeness (QED) is 0.639. The van der Waals surface area contributed by atoms with Crippen molar-refractivity contribution in [1.82, 2.24) is 24.7 Å². The molecule has 0 spiro atoms. The lowest BCUT2D eigenvalue weighted by molar-refractivity contribution is -0.137. The van der Waals surface area contributed by atoms with E-state index in [-0.39, 0.29) is 15.8 Å².